The van der Waals surface area contributed by atoms with Crippen molar-refractivity contribution in [2.75, 3.05) is 13.1 Å². The van der Waals surface area contributed by atoms with Crippen LogP contribution in [0.5, 0.6) is 0 Å². The molecule has 0 aromatic rings. The summed E-state index contributed by atoms with van der Waals surface area (Å²) in [7, 11) is 0. The van der Waals surface area contributed by atoms with E-state index in [0.29, 0.717) is 6.54 Å². The molecule has 0 rings (SSSR count). The molecule has 68 valence electrons. The topological polar surface area (TPSA) is 46.3 Å². The van der Waals surface area contributed by atoms with Crippen LogP contribution in [0, 0.1) is 0 Å². The van der Waals surface area contributed by atoms with Crippen LogP contribution in [0.1, 0.15) is 34.1 Å². The fraction of sp³-hybridized carbons (Fsp3) is 0.875. The van der Waals surface area contributed by atoms with Crippen molar-refractivity contribution in [3.8, 4) is 0 Å². The van der Waals surface area contributed by atoms with Crippen molar-refractivity contribution in [1.29, 1.82) is 0 Å². The van der Waals surface area contributed by atoms with Gasteiger partial charge in [-0.1, -0.05) is 20.8 Å². The molecule has 0 radical (unpaired) electrons. The van der Waals surface area contributed by atoms with E-state index in [4.69, 9.17) is 5.73 Å². The van der Waals surface area contributed by atoms with Crippen molar-refractivity contribution < 1.29 is 4.79 Å². The van der Waals surface area contributed by atoms with Crippen molar-refractivity contribution in [3.05, 3.63) is 0 Å². The minimum atomic E-state index is -0.320. The maximum absolute atomic E-state index is 10.5. The standard InChI is InChI=1S/C6H14N2O.C2H6/c1-3-5-8(4-2)6(7)9;1-2/h3-5H2,1-2H3,(H2,7,9);1-2H3. The molecule has 0 fully saturated rings. The predicted molar refractivity (Wildman–Crippen MR) is 48.5 cm³/mol. The highest BCUT2D eigenvalue weighted by Crippen LogP contribution is 1.88. The number of amides is 2. The van der Waals surface area contributed by atoms with Gasteiger partial charge < -0.3 is 10.6 Å². The molecular formula is C8H20N2O. The highest BCUT2D eigenvalue weighted by Gasteiger charge is 2.02. The van der Waals surface area contributed by atoms with Crippen molar-refractivity contribution in [3.63, 3.8) is 0 Å². The van der Waals surface area contributed by atoms with Crippen LogP contribution in [-0.2, 0) is 0 Å². The van der Waals surface area contributed by atoms with Crippen LogP contribution in [0.4, 0.5) is 4.79 Å². The molecule has 11 heavy (non-hydrogen) atoms. The molecule has 0 aliphatic rings. The molecule has 0 aromatic carbocycles. The van der Waals surface area contributed by atoms with Crippen LogP contribution in [0.2, 0.25) is 0 Å². The van der Waals surface area contributed by atoms with Crippen LogP contribution in [0.3, 0.4) is 0 Å². The summed E-state index contributed by atoms with van der Waals surface area (Å²) in [4.78, 5) is 12.1. The zero-order chi connectivity index (χ0) is 9.28. The van der Waals surface area contributed by atoms with E-state index in [9.17, 15) is 4.79 Å². The molecule has 0 atom stereocenters. The average molecular weight is 160 g/mol. The minimum Gasteiger partial charge on any atom is -0.351 e. The van der Waals surface area contributed by atoms with Gasteiger partial charge in [-0.2, -0.15) is 0 Å². The van der Waals surface area contributed by atoms with E-state index in [1.807, 2.05) is 27.7 Å². The third kappa shape index (κ3) is 7.16. The summed E-state index contributed by atoms with van der Waals surface area (Å²) in [5.41, 5.74) is 5.02. The molecule has 0 heterocycles. The van der Waals surface area contributed by atoms with Gasteiger partial charge in [-0.05, 0) is 13.3 Å². The monoisotopic (exact) mass is 160 g/mol. The summed E-state index contributed by atoms with van der Waals surface area (Å²) in [5, 5.41) is 0. The molecule has 2 amide bonds. The first kappa shape index (κ1) is 12.9. The van der Waals surface area contributed by atoms with Crippen molar-refractivity contribution in [1.82, 2.24) is 4.90 Å². The van der Waals surface area contributed by atoms with Gasteiger partial charge in [-0.25, -0.2) is 4.79 Å². The zero-order valence-corrected chi connectivity index (χ0v) is 8.05. The molecule has 3 heteroatoms. The largest absolute Gasteiger partial charge is 0.351 e. The number of rotatable bonds is 3. The second kappa shape index (κ2) is 9.27. The summed E-state index contributed by atoms with van der Waals surface area (Å²) in [5.74, 6) is 0. The first-order chi connectivity index (χ1) is 5.22. The highest BCUT2D eigenvalue weighted by molar-refractivity contribution is 5.71. The molecule has 0 spiro atoms. The number of urea groups is 1. The summed E-state index contributed by atoms with van der Waals surface area (Å²) >= 11 is 0. The molecule has 0 saturated carbocycles. The maximum atomic E-state index is 10.5. The third-order valence-electron chi connectivity index (χ3n) is 1.19. The van der Waals surface area contributed by atoms with Gasteiger partial charge in [0.05, 0.1) is 0 Å². The van der Waals surface area contributed by atoms with Crippen LogP contribution in [0.25, 0.3) is 0 Å². The molecular weight excluding hydrogens is 140 g/mol. The molecule has 0 aliphatic heterocycles. The number of hydrogen-bond acceptors (Lipinski definition) is 1. The molecule has 2 N–H and O–H groups in total. The smallest absolute Gasteiger partial charge is 0.314 e. The second-order valence-corrected chi connectivity index (χ2v) is 1.92. The lowest BCUT2D eigenvalue weighted by atomic mass is 10.4. The van der Waals surface area contributed by atoms with E-state index in [-0.39, 0.29) is 6.03 Å². The Bertz CT molecular complexity index is 94.1. The summed E-state index contributed by atoms with van der Waals surface area (Å²) in [6, 6.07) is -0.320. The summed E-state index contributed by atoms with van der Waals surface area (Å²) < 4.78 is 0. The van der Waals surface area contributed by atoms with Gasteiger partial charge >= 0.3 is 6.03 Å². The summed E-state index contributed by atoms with van der Waals surface area (Å²) in [6.07, 6.45) is 0.969. The Morgan fingerprint density at radius 3 is 1.91 bits per heavy atom. The van der Waals surface area contributed by atoms with Gasteiger partial charge in [0, 0.05) is 13.1 Å². The van der Waals surface area contributed by atoms with Crippen LogP contribution < -0.4 is 5.73 Å². The summed E-state index contributed by atoms with van der Waals surface area (Å²) in [6.45, 7) is 9.42. The van der Waals surface area contributed by atoms with E-state index < -0.39 is 0 Å². The van der Waals surface area contributed by atoms with Crippen LogP contribution in [0.15, 0.2) is 0 Å². The Balaban J connectivity index is 0. The first-order valence-electron chi connectivity index (χ1n) is 4.26. The zero-order valence-electron chi connectivity index (χ0n) is 8.05. The molecule has 0 saturated heterocycles. The van der Waals surface area contributed by atoms with E-state index in [0.717, 1.165) is 13.0 Å². The molecule has 0 unspecified atom stereocenters. The van der Waals surface area contributed by atoms with E-state index >= 15 is 0 Å². The Labute approximate surface area is 69.6 Å². The Hall–Kier alpha value is -0.730. The highest BCUT2D eigenvalue weighted by atomic mass is 16.2. The van der Waals surface area contributed by atoms with Gasteiger partial charge in [0.25, 0.3) is 0 Å². The fourth-order valence-corrected chi connectivity index (χ4v) is 0.694. The van der Waals surface area contributed by atoms with Crippen LogP contribution in [-0.4, -0.2) is 24.0 Å². The van der Waals surface area contributed by atoms with Crippen molar-refractivity contribution in [2.24, 2.45) is 5.73 Å². The number of carbonyl (C=O) groups is 1. The lowest BCUT2D eigenvalue weighted by molar-refractivity contribution is 0.210. The maximum Gasteiger partial charge on any atom is 0.314 e. The lowest BCUT2D eigenvalue weighted by Crippen LogP contribution is -2.35. The quantitative estimate of drug-likeness (QED) is 0.672. The van der Waals surface area contributed by atoms with E-state index in [2.05, 4.69) is 0 Å². The second-order valence-electron chi connectivity index (χ2n) is 1.92. The van der Waals surface area contributed by atoms with Gasteiger partial charge in [0.15, 0.2) is 0 Å². The molecule has 0 bridgehead atoms. The number of hydrogen-bond donors (Lipinski definition) is 1. The van der Waals surface area contributed by atoms with Gasteiger partial charge in [0.1, 0.15) is 0 Å². The lowest BCUT2D eigenvalue weighted by Gasteiger charge is -2.15. The molecule has 3 nitrogen and oxygen atoms in total. The van der Waals surface area contributed by atoms with Gasteiger partial charge in [0.2, 0.25) is 0 Å². The Kier molecular flexibility index (Phi) is 10.9. The molecule has 0 aliphatic carbocycles. The minimum absolute atomic E-state index is 0.320. The predicted octanol–water partition coefficient (Wildman–Crippen LogP) is 1.82. The fourth-order valence-electron chi connectivity index (χ4n) is 0.694. The third-order valence-corrected chi connectivity index (χ3v) is 1.19. The van der Waals surface area contributed by atoms with E-state index in [1.54, 1.807) is 4.90 Å². The SMILES string of the molecule is CC.CCCN(CC)C(N)=O. The molecule has 0 aromatic heterocycles. The Morgan fingerprint density at radius 1 is 1.36 bits per heavy atom. The van der Waals surface area contributed by atoms with Gasteiger partial charge in [-0.3, -0.25) is 0 Å². The normalized spacial score (nSPS) is 8.00. The average Bonchev–Trinajstić information content (AvgIpc) is 2.03. The van der Waals surface area contributed by atoms with Crippen molar-refractivity contribution >= 4 is 6.03 Å². The number of primary amides is 1. The number of nitrogens with zero attached hydrogens (tertiary/aromatic N) is 1. The first-order valence-corrected chi connectivity index (χ1v) is 4.26. The van der Waals surface area contributed by atoms with Crippen LogP contribution >= 0.6 is 0 Å². The van der Waals surface area contributed by atoms with E-state index in [1.165, 1.54) is 0 Å². The number of nitrogens with two attached hydrogens (primary N) is 1. The van der Waals surface area contributed by atoms with Crippen molar-refractivity contribution in [2.45, 2.75) is 34.1 Å². The van der Waals surface area contributed by atoms with Gasteiger partial charge in [-0.15, -0.1) is 0 Å². The Morgan fingerprint density at radius 2 is 1.82 bits per heavy atom. The number of carbonyl (C=O) groups excluding carboxylic acids is 1.